The van der Waals surface area contributed by atoms with Crippen LogP contribution in [0.25, 0.3) is 0 Å². The van der Waals surface area contributed by atoms with E-state index in [2.05, 4.69) is 40.6 Å². The lowest BCUT2D eigenvalue weighted by Gasteiger charge is -2.32. The molecule has 0 amide bonds. The van der Waals surface area contributed by atoms with Gasteiger partial charge in [-0.15, -0.1) is 24.0 Å². The van der Waals surface area contributed by atoms with Crippen molar-refractivity contribution in [3.05, 3.63) is 0 Å². The van der Waals surface area contributed by atoms with Crippen molar-refractivity contribution in [3.8, 4) is 0 Å². The highest BCUT2D eigenvalue weighted by atomic mass is 127. The zero-order valence-electron chi connectivity index (χ0n) is 13.2. The number of hydrogen-bond donors (Lipinski definition) is 2. The molecule has 1 rings (SSSR count). The first-order valence-corrected chi connectivity index (χ1v) is 8.95. The standard InChI is InChI=1S/C14H30N4S.HI/c1-4-9-18-10-6-13(7-11-18)17-14(15-5-2)16-8-12-19-3;/h13H,4-12H2,1-3H3,(H2,15,16,17);1H. The molecule has 1 saturated heterocycles. The lowest BCUT2D eigenvalue weighted by Crippen LogP contribution is -2.48. The Hall–Kier alpha value is 0.310. The summed E-state index contributed by atoms with van der Waals surface area (Å²) < 4.78 is 0. The molecule has 20 heavy (non-hydrogen) atoms. The van der Waals surface area contributed by atoms with Crippen molar-refractivity contribution < 1.29 is 0 Å². The van der Waals surface area contributed by atoms with Crippen LogP contribution in [0.15, 0.2) is 4.99 Å². The predicted octanol–water partition coefficient (Wildman–Crippen LogP) is 2.40. The van der Waals surface area contributed by atoms with E-state index < -0.39 is 0 Å². The van der Waals surface area contributed by atoms with Crippen molar-refractivity contribution in [1.29, 1.82) is 0 Å². The number of piperidine rings is 1. The van der Waals surface area contributed by atoms with Crippen molar-refractivity contribution in [2.75, 3.05) is 44.7 Å². The van der Waals surface area contributed by atoms with Crippen LogP contribution in [-0.4, -0.2) is 61.6 Å². The number of halogens is 1. The summed E-state index contributed by atoms with van der Waals surface area (Å²) >= 11 is 1.84. The third kappa shape index (κ3) is 8.56. The Morgan fingerprint density at radius 1 is 1.30 bits per heavy atom. The summed E-state index contributed by atoms with van der Waals surface area (Å²) in [6.45, 7) is 9.88. The normalized spacial score (nSPS) is 17.6. The fourth-order valence-corrected chi connectivity index (χ4v) is 2.65. The summed E-state index contributed by atoms with van der Waals surface area (Å²) in [6, 6.07) is 0.584. The monoisotopic (exact) mass is 414 g/mol. The molecule has 120 valence electrons. The summed E-state index contributed by atoms with van der Waals surface area (Å²) in [5.74, 6) is 2.08. The minimum Gasteiger partial charge on any atom is -0.357 e. The maximum atomic E-state index is 4.61. The molecule has 4 nitrogen and oxygen atoms in total. The molecular formula is C14H31IN4S. The molecule has 1 aliphatic rings. The van der Waals surface area contributed by atoms with Crippen LogP contribution in [0, 0.1) is 0 Å². The molecule has 0 aromatic heterocycles. The average Bonchev–Trinajstić information content (AvgIpc) is 2.42. The molecule has 1 aliphatic heterocycles. The van der Waals surface area contributed by atoms with E-state index in [4.69, 9.17) is 0 Å². The van der Waals surface area contributed by atoms with Crippen molar-refractivity contribution in [1.82, 2.24) is 15.5 Å². The lowest BCUT2D eigenvalue weighted by molar-refractivity contribution is 0.206. The van der Waals surface area contributed by atoms with Gasteiger partial charge in [0.15, 0.2) is 5.96 Å². The molecule has 0 unspecified atom stereocenters. The molecule has 0 atom stereocenters. The number of nitrogens with one attached hydrogen (secondary N) is 2. The van der Waals surface area contributed by atoms with E-state index in [-0.39, 0.29) is 24.0 Å². The average molecular weight is 414 g/mol. The second kappa shape index (κ2) is 13.0. The number of rotatable bonds is 7. The molecule has 1 heterocycles. The van der Waals surface area contributed by atoms with Crippen LogP contribution in [0.3, 0.4) is 0 Å². The van der Waals surface area contributed by atoms with Crippen LogP contribution < -0.4 is 10.6 Å². The number of aliphatic imine (C=N–C) groups is 1. The molecule has 0 saturated carbocycles. The Bertz CT molecular complexity index is 256. The van der Waals surface area contributed by atoms with Gasteiger partial charge in [0.25, 0.3) is 0 Å². The largest absolute Gasteiger partial charge is 0.357 e. The first-order chi connectivity index (χ1) is 9.30. The van der Waals surface area contributed by atoms with E-state index in [1.165, 1.54) is 38.9 Å². The number of hydrogen-bond acceptors (Lipinski definition) is 3. The quantitative estimate of drug-likeness (QED) is 0.291. The molecule has 1 fully saturated rings. The van der Waals surface area contributed by atoms with Gasteiger partial charge in [-0.2, -0.15) is 11.8 Å². The van der Waals surface area contributed by atoms with Gasteiger partial charge in [0.05, 0.1) is 6.54 Å². The molecule has 0 bridgehead atoms. The van der Waals surface area contributed by atoms with E-state index in [0.29, 0.717) is 6.04 Å². The second-order valence-corrected chi connectivity index (χ2v) is 6.00. The Morgan fingerprint density at radius 2 is 2.00 bits per heavy atom. The molecule has 0 spiro atoms. The van der Waals surface area contributed by atoms with Gasteiger partial charge in [-0.1, -0.05) is 6.92 Å². The van der Waals surface area contributed by atoms with Gasteiger partial charge < -0.3 is 15.5 Å². The van der Waals surface area contributed by atoms with Crippen LogP contribution in [-0.2, 0) is 0 Å². The smallest absolute Gasteiger partial charge is 0.191 e. The molecular weight excluding hydrogens is 383 g/mol. The zero-order valence-corrected chi connectivity index (χ0v) is 16.3. The van der Waals surface area contributed by atoms with Gasteiger partial charge in [0, 0.05) is 31.4 Å². The van der Waals surface area contributed by atoms with Gasteiger partial charge in [-0.25, -0.2) is 0 Å². The number of thioether (sulfide) groups is 1. The van der Waals surface area contributed by atoms with Gasteiger partial charge >= 0.3 is 0 Å². The Morgan fingerprint density at radius 3 is 2.55 bits per heavy atom. The summed E-state index contributed by atoms with van der Waals surface area (Å²) in [7, 11) is 0. The lowest BCUT2D eigenvalue weighted by atomic mass is 10.1. The molecule has 2 N–H and O–H groups in total. The van der Waals surface area contributed by atoms with E-state index in [1.807, 2.05) is 11.8 Å². The fraction of sp³-hybridized carbons (Fsp3) is 0.929. The Labute approximate surface area is 145 Å². The number of nitrogens with zero attached hydrogens (tertiary/aromatic N) is 2. The van der Waals surface area contributed by atoms with Crippen molar-refractivity contribution >= 4 is 41.7 Å². The van der Waals surface area contributed by atoms with E-state index in [1.54, 1.807) is 0 Å². The molecule has 6 heteroatoms. The second-order valence-electron chi connectivity index (χ2n) is 5.01. The maximum Gasteiger partial charge on any atom is 0.191 e. The highest BCUT2D eigenvalue weighted by molar-refractivity contribution is 14.0. The summed E-state index contributed by atoms with van der Waals surface area (Å²) in [5, 5.41) is 6.92. The highest BCUT2D eigenvalue weighted by Gasteiger charge is 2.19. The van der Waals surface area contributed by atoms with Crippen molar-refractivity contribution in [2.45, 2.75) is 39.2 Å². The maximum absolute atomic E-state index is 4.61. The molecule has 0 radical (unpaired) electrons. The SMILES string of the molecule is CCCN1CCC(NC(=NCCSC)NCC)CC1.I. The van der Waals surface area contributed by atoms with Gasteiger partial charge in [0.1, 0.15) is 0 Å². The van der Waals surface area contributed by atoms with Gasteiger partial charge in [0.2, 0.25) is 0 Å². The zero-order chi connectivity index (χ0) is 13.9. The van der Waals surface area contributed by atoms with Crippen LogP contribution >= 0.6 is 35.7 Å². The van der Waals surface area contributed by atoms with Crippen LogP contribution in [0.1, 0.15) is 33.1 Å². The van der Waals surface area contributed by atoms with Crippen LogP contribution in [0.2, 0.25) is 0 Å². The van der Waals surface area contributed by atoms with E-state index in [9.17, 15) is 0 Å². The first-order valence-electron chi connectivity index (χ1n) is 7.56. The predicted molar refractivity (Wildman–Crippen MR) is 103 cm³/mol. The van der Waals surface area contributed by atoms with Gasteiger partial charge in [-0.3, -0.25) is 4.99 Å². The summed E-state index contributed by atoms with van der Waals surface area (Å²) in [5.41, 5.74) is 0. The highest BCUT2D eigenvalue weighted by Crippen LogP contribution is 2.10. The first kappa shape index (κ1) is 20.3. The van der Waals surface area contributed by atoms with Crippen molar-refractivity contribution in [3.63, 3.8) is 0 Å². The third-order valence-corrected chi connectivity index (χ3v) is 3.97. The minimum atomic E-state index is 0. The Balaban J connectivity index is 0.00000361. The topological polar surface area (TPSA) is 39.7 Å². The summed E-state index contributed by atoms with van der Waals surface area (Å²) in [6.07, 6.45) is 5.84. The summed E-state index contributed by atoms with van der Waals surface area (Å²) in [4.78, 5) is 7.18. The molecule has 0 aromatic rings. The Kier molecular flexibility index (Phi) is 13.2. The molecule has 0 aromatic carbocycles. The third-order valence-electron chi connectivity index (χ3n) is 3.38. The fourth-order valence-electron chi connectivity index (χ4n) is 2.38. The minimum absolute atomic E-state index is 0. The van der Waals surface area contributed by atoms with E-state index >= 15 is 0 Å². The van der Waals surface area contributed by atoms with E-state index in [0.717, 1.165) is 24.8 Å². The number of likely N-dealkylation sites (tertiary alicyclic amines) is 1. The number of guanidine groups is 1. The van der Waals surface area contributed by atoms with Crippen molar-refractivity contribution in [2.24, 2.45) is 4.99 Å². The molecule has 0 aliphatic carbocycles. The van der Waals surface area contributed by atoms with Crippen LogP contribution in [0.5, 0.6) is 0 Å². The van der Waals surface area contributed by atoms with Gasteiger partial charge in [-0.05, 0) is 39.0 Å². The van der Waals surface area contributed by atoms with Crippen LogP contribution in [0.4, 0.5) is 0 Å².